The predicted octanol–water partition coefficient (Wildman–Crippen LogP) is 6.66. The van der Waals surface area contributed by atoms with Gasteiger partial charge < -0.3 is 39.4 Å². The maximum Gasteiger partial charge on any atom is 0.306 e. The first kappa shape index (κ1) is 43.7. The van der Waals surface area contributed by atoms with Gasteiger partial charge in [0.25, 0.3) is 0 Å². The molecule has 0 spiro atoms. The van der Waals surface area contributed by atoms with Crippen molar-refractivity contribution in [2.24, 2.45) is 0 Å². The van der Waals surface area contributed by atoms with E-state index in [1.165, 1.54) is 96.3 Å². The van der Waals surface area contributed by atoms with Crippen molar-refractivity contribution in [1.29, 1.82) is 0 Å². The van der Waals surface area contributed by atoms with Gasteiger partial charge in [-0.3, -0.25) is 9.59 Å². The summed E-state index contributed by atoms with van der Waals surface area (Å²) < 4.78 is 22.0. The Balaban J connectivity index is 2.40. The summed E-state index contributed by atoms with van der Waals surface area (Å²) >= 11 is 0. The molecule has 10 nitrogen and oxygen atoms in total. The molecule has 0 bridgehead atoms. The van der Waals surface area contributed by atoms with E-state index in [0.717, 1.165) is 38.5 Å². The van der Waals surface area contributed by atoms with Crippen molar-refractivity contribution in [1.82, 2.24) is 0 Å². The first-order valence-electron chi connectivity index (χ1n) is 19.1. The van der Waals surface area contributed by atoms with Crippen LogP contribution in [-0.4, -0.2) is 89.0 Å². The molecule has 0 aromatic carbocycles. The standard InChI is InChI=1S/C37H70O10/c1-3-5-7-9-11-13-15-17-19-21-23-25-32(39)44-28-30(29-45-37-36(43)35(42)34(41)31(27-38)47-37)46-33(40)26-24-22-20-18-16-14-12-10-8-6-4-2/h30-31,34-38,41-43H,3-29H2,1-2H3/t30-,31-,34-,35+,36-,37-/m1/s1. The van der Waals surface area contributed by atoms with Gasteiger partial charge in [-0.05, 0) is 12.8 Å². The van der Waals surface area contributed by atoms with Crippen molar-refractivity contribution >= 4 is 11.9 Å². The molecule has 4 N–H and O–H groups in total. The Bertz CT molecular complexity index is 749. The Kier molecular flexibility index (Phi) is 27.5. The first-order chi connectivity index (χ1) is 22.8. The Morgan fingerprint density at radius 1 is 0.574 bits per heavy atom. The molecular formula is C37H70O10. The number of hydrogen-bond donors (Lipinski definition) is 4. The van der Waals surface area contributed by atoms with Crippen molar-refractivity contribution < 1.29 is 49.0 Å². The van der Waals surface area contributed by atoms with Gasteiger partial charge in [0, 0.05) is 12.8 Å². The number of hydrogen-bond acceptors (Lipinski definition) is 10. The zero-order chi connectivity index (χ0) is 34.5. The smallest absolute Gasteiger partial charge is 0.306 e. The number of carbonyl (C=O) groups is 2. The predicted molar refractivity (Wildman–Crippen MR) is 183 cm³/mol. The minimum absolute atomic E-state index is 0.210. The fourth-order valence-corrected chi connectivity index (χ4v) is 5.89. The molecule has 1 heterocycles. The van der Waals surface area contributed by atoms with E-state index in [2.05, 4.69) is 13.8 Å². The minimum Gasteiger partial charge on any atom is -0.462 e. The SMILES string of the molecule is CCCCCCCCCCCCCC(=O)OC[C@H](CO[C@@H]1O[C@H](CO)[C@@H](O)[C@H](O)[C@H]1O)OC(=O)CCCCCCCCCCCCC. The van der Waals surface area contributed by atoms with Crippen LogP contribution in [0.15, 0.2) is 0 Å². The third-order valence-electron chi connectivity index (χ3n) is 8.99. The number of aliphatic hydroxyl groups excluding tert-OH is 4. The average Bonchev–Trinajstić information content (AvgIpc) is 3.06. The van der Waals surface area contributed by atoms with Crippen molar-refractivity contribution in [2.75, 3.05) is 19.8 Å². The molecule has 0 saturated carbocycles. The van der Waals surface area contributed by atoms with Crippen LogP contribution in [-0.2, 0) is 28.5 Å². The number of esters is 2. The number of aliphatic hydroxyl groups is 4. The van der Waals surface area contributed by atoms with Gasteiger partial charge in [-0.15, -0.1) is 0 Å². The molecule has 1 aliphatic heterocycles. The van der Waals surface area contributed by atoms with E-state index < -0.39 is 49.4 Å². The van der Waals surface area contributed by atoms with Gasteiger partial charge in [0.05, 0.1) is 13.2 Å². The van der Waals surface area contributed by atoms with Gasteiger partial charge in [-0.1, -0.05) is 142 Å². The largest absolute Gasteiger partial charge is 0.462 e. The van der Waals surface area contributed by atoms with Crippen LogP contribution in [0.1, 0.15) is 168 Å². The van der Waals surface area contributed by atoms with E-state index in [1.807, 2.05) is 0 Å². The third-order valence-corrected chi connectivity index (χ3v) is 8.99. The highest BCUT2D eigenvalue weighted by atomic mass is 16.7. The minimum atomic E-state index is -1.59. The first-order valence-corrected chi connectivity index (χ1v) is 19.1. The Labute approximate surface area is 285 Å². The maximum atomic E-state index is 12.6. The van der Waals surface area contributed by atoms with Crippen LogP contribution in [0.25, 0.3) is 0 Å². The number of carbonyl (C=O) groups excluding carboxylic acids is 2. The molecule has 1 rings (SSSR count). The number of unbranched alkanes of at least 4 members (excludes halogenated alkanes) is 20. The number of ether oxygens (including phenoxy) is 4. The van der Waals surface area contributed by atoms with Crippen molar-refractivity contribution in [3.8, 4) is 0 Å². The molecule has 0 aromatic heterocycles. The lowest BCUT2D eigenvalue weighted by atomic mass is 9.99. The normalized spacial score (nSPS) is 21.9. The van der Waals surface area contributed by atoms with Gasteiger partial charge in [0.1, 0.15) is 31.0 Å². The van der Waals surface area contributed by atoms with E-state index in [1.54, 1.807) is 0 Å². The molecule has 10 heteroatoms. The lowest BCUT2D eigenvalue weighted by molar-refractivity contribution is -0.305. The van der Waals surface area contributed by atoms with Crippen LogP contribution in [0, 0.1) is 0 Å². The van der Waals surface area contributed by atoms with Crippen LogP contribution in [0.2, 0.25) is 0 Å². The third kappa shape index (κ3) is 22.1. The summed E-state index contributed by atoms with van der Waals surface area (Å²) in [4.78, 5) is 25.1. The molecule has 278 valence electrons. The van der Waals surface area contributed by atoms with Gasteiger partial charge in [0.2, 0.25) is 0 Å². The molecule has 1 fully saturated rings. The summed E-state index contributed by atoms with van der Waals surface area (Å²) in [6.07, 6.45) is 18.3. The van der Waals surface area contributed by atoms with E-state index in [0.29, 0.717) is 6.42 Å². The highest BCUT2D eigenvalue weighted by Crippen LogP contribution is 2.22. The molecule has 47 heavy (non-hydrogen) atoms. The molecule has 1 saturated heterocycles. The summed E-state index contributed by atoms with van der Waals surface area (Å²) in [5, 5.41) is 39.8. The van der Waals surface area contributed by atoms with Gasteiger partial charge in [-0.2, -0.15) is 0 Å². The molecule has 0 aromatic rings. The topological polar surface area (TPSA) is 152 Å². The fraction of sp³-hybridized carbons (Fsp3) is 0.946. The van der Waals surface area contributed by atoms with Gasteiger partial charge in [-0.25, -0.2) is 0 Å². The summed E-state index contributed by atoms with van der Waals surface area (Å²) in [6, 6.07) is 0. The molecule has 0 aliphatic carbocycles. The second-order valence-corrected chi connectivity index (χ2v) is 13.4. The molecular weight excluding hydrogens is 604 g/mol. The van der Waals surface area contributed by atoms with E-state index in [9.17, 15) is 30.0 Å². The molecule has 6 atom stereocenters. The summed E-state index contributed by atoms with van der Waals surface area (Å²) in [5.41, 5.74) is 0. The van der Waals surface area contributed by atoms with Crippen LogP contribution in [0.4, 0.5) is 0 Å². The number of rotatable bonds is 31. The molecule has 0 unspecified atom stereocenters. The van der Waals surface area contributed by atoms with Gasteiger partial charge >= 0.3 is 11.9 Å². The second-order valence-electron chi connectivity index (χ2n) is 13.4. The molecule has 1 aliphatic rings. The Hall–Kier alpha value is -1.30. The van der Waals surface area contributed by atoms with Crippen LogP contribution in [0.3, 0.4) is 0 Å². The van der Waals surface area contributed by atoms with Crippen molar-refractivity contribution in [3.63, 3.8) is 0 Å². The maximum absolute atomic E-state index is 12.6. The lowest BCUT2D eigenvalue weighted by Gasteiger charge is -2.39. The van der Waals surface area contributed by atoms with E-state index >= 15 is 0 Å². The zero-order valence-electron chi connectivity index (χ0n) is 29.8. The fourth-order valence-electron chi connectivity index (χ4n) is 5.89. The highest BCUT2D eigenvalue weighted by Gasteiger charge is 2.44. The Morgan fingerprint density at radius 3 is 1.45 bits per heavy atom. The second kappa shape index (κ2) is 29.6. The quantitative estimate of drug-likeness (QED) is 0.0464. The highest BCUT2D eigenvalue weighted by molar-refractivity contribution is 5.70. The Morgan fingerprint density at radius 2 is 1.00 bits per heavy atom. The van der Waals surface area contributed by atoms with E-state index in [-0.39, 0.29) is 32.0 Å². The van der Waals surface area contributed by atoms with Crippen molar-refractivity contribution in [2.45, 2.75) is 205 Å². The summed E-state index contributed by atoms with van der Waals surface area (Å²) in [6.45, 7) is 3.39. The summed E-state index contributed by atoms with van der Waals surface area (Å²) in [7, 11) is 0. The summed E-state index contributed by atoms with van der Waals surface area (Å²) in [5.74, 6) is -0.801. The van der Waals surface area contributed by atoms with Gasteiger partial charge in [0.15, 0.2) is 12.4 Å². The zero-order valence-corrected chi connectivity index (χ0v) is 29.8. The van der Waals surface area contributed by atoms with E-state index in [4.69, 9.17) is 18.9 Å². The molecule has 0 radical (unpaired) electrons. The molecule has 0 amide bonds. The van der Waals surface area contributed by atoms with Crippen LogP contribution in [0.5, 0.6) is 0 Å². The van der Waals surface area contributed by atoms with Crippen LogP contribution < -0.4 is 0 Å². The average molecular weight is 675 g/mol. The monoisotopic (exact) mass is 674 g/mol. The van der Waals surface area contributed by atoms with Crippen molar-refractivity contribution in [3.05, 3.63) is 0 Å². The lowest BCUT2D eigenvalue weighted by Crippen LogP contribution is -2.59. The van der Waals surface area contributed by atoms with Crippen LogP contribution >= 0.6 is 0 Å².